The van der Waals surface area contributed by atoms with Crippen LogP contribution in [0.4, 0.5) is 10.5 Å². The maximum atomic E-state index is 11.0. The summed E-state index contributed by atoms with van der Waals surface area (Å²) in [4.78, 5) is 21.4. The van der Waals surface area contributed by atoms with Crippen LogP contribution in [0, 0.1) is 10.1 Å². The van der Waals surface area contributed by atoms with Crippen LogP contribution < -0.4 is 14.9 Å². The van der Waals surface area contributed by atoms with Crippen molar-refractivity contribution in [1.82, 2.24) is 5.43 Å². The summed E-state index contributed by atoms with van der Waals surface area (Å²) < 4.78 is 14.8. The molecule has 1 aliphatic rings. The number of hydrazone groups is 1. The molecule has 0 spiro atoms. The van der Waals surface area contributed by atoms with Gasteiger partial charge in [0.15, 0.2) is 11.5 Å². The first-order chi connectivity index (χ1) is 9.61. The standard InChI is InChI=1S/C11H11N3O6/c1-2-18-11(15)13-12-5-7-3-9-10(20-6-19-9)4-8(7)14(16)17/h3-5H,2,6H2,1H3,(H,13,15)/b12-5-. The number of hydrogen-bond donors (Lipinski definition) is 1. The molecule has 106 valence electrons. The van der Waals surface area contributed by atoms with Crippen molar-refractivity contribution >= 4 is 18.0 Å². The predicted octanol–water partition coefficient (Wildman–Crippen LogP) is 1.40. The molecule has 0 atom stereocenters. The van der Waals surface area contributed by atoms with Gasteiger partial charge in [0.2, 0.25) is 6.79 Å². The molecule has 1 heterocycles. The van der Waals surface area contributed by atoms with E-state index in [4.69, 9.17) is 9.47 Å². The molecule has 1 amide bonds. The molecule has 0 fully saturated rings. The minimum absolute atomic E-state index is 0.00809. The first-order valence-corrected chi connectivity index (χ1v) is 5.65. The highest BCUT2D eigenvalue weighted by Gasteiger charge is 2.22. The van der Waals surface area contributed by atoms with Crippen LogP contribution in [-0.4, -0.2) is 30.6 Å². The van der Waals surface area contributed by atoms with Crippen LogP contribution in [0.1, 0.15) is 12.5 Å². The van der Waals surface area contributed by atoms with Gasteiger partial charge in [-0.05, 0) is 13.0 Å². The zero-order valence-electron chi connectivity index (χ0n) is 10.5. The average Bonchev–Trinajstić information content (AvgIpc) is 2.85. The molecule has 0 saturated heterocycles. The number of nitro benzene ring substituents is 1. The summed E-state index contributed by atoms with van der Waals surface area (Å²) in [5, 5.41) is 14.5. The first-order valence-electron chi connectivity index (χ1n) is 5.65. The average molecular weight is 281 g/mol. The summed E-state index contributed by atoms with van der Waals surface area (Å²) in [5.74, 6) is 0.681. The topological polar surface area (TPSA) is 112 Å². The summed E-state index contributed by atoms with van der Waals surface area (Å²) >= 11 is 0. The van der Waals surface area contributed by atoms with Gasteiger partial charge in [-0.25, -0.2) is 10.2 Å². The fourth-order valence-electron chi connectivity index (χ4n) is 1.53. The van der Waals surface area contributed by atoms with Crippen LogP contribution in [0.2, 0.25) is 0 Å². The lowest BCUT2D eigenvalue weighted by atomic mass is 10.1. The smallest absolute Gasteiger partial charge is 0.427 e. The maximum Gasteiger partial charge on any atom is 0.427 e. The van der Waals surface area contributed by atoms with E-state index in [2.05, 4.69) is 15.3 Å². The Balaban J connectivity index is 2.20. The minimum Gasteiger partial charge on any atom is -0.454 e. The van der Waals surface area contributed by atoms with Crippen LogP contribution in [0.3, 0.4) is 0 Å². The fourth-order valence-corrected chi connectivity index (χ4v) is 1.53. The number of fused-ring (bicyclic) bond motifs is 1. The van der Waals surface area contributed by atoms with E-state index in [-0.39, 0.29) is 24.7 Å². The van der Waals surface area contributed by atoms with Gasteiger partial charge >= 0.3 is 6.09 Å². The lowest BCUT2D eigenvalue weighted by molar-refractivity contribution is -0.385. The van der Waals surface area contributed by atoms with Crippen molar-refractivity contribution in [3.05, 3.63) is 27.8 Å². The molecular weight excluding hydrogens is 270 g/mol. The number of carbonyl (C=O) groups excluding carboxylic acids is 1. The molecule has 2 rings (SSSR count). The van der Waals surface area contributed by atoms with E-state index in [1.54, 1.807) is 6.92 Å². The Kier molecular flexibility index (Phi) is 3.99. The molecule has 0 aliphatic carbocycles. The van der Waals surface area contributed by atoms with Gasteiger partial charge in [0, 0.05) is 0 Å². The maximum absolute atomic E-state index is 11.0. The second-order valence-corrected chi connectivity index (χ2v) is 3.61. The Labute approximate surface area is 113 Å². The quantitative estimate of drug-likeness (QED) is 0.507. The van der Waals surface area contributed by atoms with Gasteiger partial charge in [-0.3, -0.25) is 10.1 Å². The van der Waals surface area contributed by atoms with Crippen molar-refractivity contribution in [2.24, 2.45) is 5.10 Å². The van der Waals surface area contributed by atoms with Gasteiger partial charge in [-0.15, -0.1) is 0 Å². The second-order valence-electron chi connectivity index (χ2n) is 3.61. The first kappa shape index (κ1) is 13.6. The molecule has 0 saturated carbocycles. The number of ether oxygens (including phenoxy) is 3. The third-order valence-electron chi connectivity index (χ3n) is 2.35. The summed E-state index contributed by atoms with van der Waals surface area (Å²) in [6.07, 6.45) is 0.393. The van der Waals surface area contributed by atoms with Crippen LogP contribution in [-0.2, 0) is 4.74 Å². The molecule has 9 nitrogen and oxygen atoms in total. The third-order valence-corrected chi connectivity index (χ3v) is 2.35. The summed E-state index contributed by atoms with van der Waals surface area (Å²) in [5.41, 5.74) is 2.05. The Morgan fingerprint density at radius 3 is 2.90 bits per heavy atom. The minimum atomic E-state index is -0.743. The number of hydrogen-bond acceptors (Lipinski definition) is 7. The van der Waals surface area contributed by atoms with E-state index in [1.165, 1.54) is 12.1 Å². The zero-order valence-corrected chi connectivity index (χ0v) is 10.5. The molecule has 9 heteroatoms. The van der Waals surface area contributed by atoms with Gasteiger partial charge in [0.25, 0.3) is 5.69 Å². The van der Waals surface area contributed by atoms with Gasteiger partial charge in [0.05, 0.1) is 29.4 Å². The number of nitrogens with one attached hydrogen (secondary N) is 1. The highest BCUT2D eigenvalue weighted by Crippen LogP contribution is 2.37. The number of carbonyl (C=O) groups is 1. The Morgan fingerprint density at radius 2 is 2.25 bits per heavy atom. The lowest BCUT2D eigenvalue weighted by Gasteiger charge is -2.01. The second kappa shape index (κ2) is 5.87. The van der Waals surface area contributed by atoms with E-state index >= 15 is 0 Å². The largest absolute Gasteiger partial charge is 0.454 e. The van der Waals surface area contributed by atoms with Gasteiger partial charge in [0.1, 0.15) is 0 Å². The van der Waals surface area contributed by atoms with Crippen molar-refractivity contribution in [2.75, 3.05) is 13.4 Å². The van der Waals surface area contributed by atoms with Crippen LogP contribution >= 0.6 is 0 Å². The summed E-state index contributed by atoms with van der Waals surface area (Å²) in [7, 11) is 0. The molecule has 0 aromatic heterocycles. The molecule has 1 aliphatic heterocycles. The number of amides is 1. The monoisotopic (exact) mass is 281 g/mol. The Hall–Kier alpha value is -2.84. The molecule has 0 radical (unpaired) electrons. The van der Waals surface area contributed by atoms with Crippen LogP contribution in [0.5, 0.6) is 11.5 Å². The molecule has 20 heavy (non-hydrogen) atoms. The highest BCUT2D eigenvalue weighted by molar-refractivity contribution is 5.87. The van der Waals surface area contributed by atoms with Crippen molar-refractivity contribution in [1.29, 1.82) is 0 Å². The number of benzene rings is 1. The molecule has 0 bridgehead atoms. The fraction of sp³-hybridized carbons (Fsp3) is 0.273. The molecule has 1 aromatic carbocycles. The van der Waals surface area contributed by atoms with Gasteiger partial charge < -0.3 is 14.2 Å². The summed E-state index contributed by atoms with van der Waals surface area (Å²) in [6.45, 7) is 1.85. The molecular formula is C11H11N3O6. The van der Waals surface area contributed by atoms with E-state index < -0.39 is 11.0 Å². The summed E-state index contributed by atoms with van der Waals surface area (Å²) in [6, 6.07) is 2.66. The normalized spacial score (nSPS) is 12.4. The van der Waals surface area contributed by atoms with Crippen molar-refractivity contribution in [3.63, 3.8) is 0 Å². The lowest BCUT2D eigenvalue weighted by Crippen LogP contribution is -2.18. The number of nitro groups is 1. The predicted molar refractivity (Wildman–Crippen MR) is 67.0 cm³/mol. The van der Waals surface area contributed by atoms with E-state index in [9.17, 15) is 14.9 Å². The SMILES string of the molecule is CCOC(=O)N/N=C\c1cc2c(cc1[N+](=O)[O-])OCO2. The van der Waals surface area contributed by atoms with Crippen molar-refractivity contribution in [2.45, 2.75) is 6.92 Å². The van der Waals surface area contributed by atoms with E-state index in [0.717, 1.165) is 6.21 Å². The van der Waals surface area contributed by atoms with Crippen molar-refractivity contribution < 1.29 is 23.9 Å². The third kappa shape index (κ3) is 2.94. The zero-order chi connectivity index (χ0) is 14.5. The molecule has 1 N–H and O–H groups in total. The van der Waals surface area contributed by atoms with E-state index in [1.807, 2.05) is 0 Å². The van der Waals surface area contributed by atoms with Crippen LogP contribution in [0.15, 0.2) is 17.2 Å². The number of rotatable bonds is 4. The molecule has 1 aromatic rings. The van der Waals surface area contributed by atoms with Crippen molar-refractivity contribution in [3.8, 4) is 11.5 Å². The van der Waals surface area contributed by atoms with E-state index in [0.29, 0.717) is 11.5 Å². The van der Waals surface area contributed by atoms with Gasteiger partial charge in [-0.1, -0.05) is 0 Å². The van der Waals surface area contributed by atoms with Crippen LogP contribution in [0.25, 0.3) is 0 Å². The number of nitrogens with zero attached hydrogens (tertiary/aromatic N) is 2. The Morgan fingerprint density at radius 1 is 1.55 bits per heavy atom. The Bertz CT molecular complexity index is 572. The highest BCUT2D eigenvalue weighted by atomic mass is 16.7. The van der Waals surface area contributed by atoms with Gasteiger partial charge in [-0.2, -0.15) is 5.10 Å². The molecule has 0 unspecified atom stereocenters.